The van der Waals surface area contributed by atoms with Crippen molar-refractivity contribution < 1.29 is 4.79 Å². The number of carbonyl (C=O) groups excluding carboxylic acids is 1. The van der Waals surface area contributed by atoms with Crippen molar-refractivity contribution in [2.75, 3.05) is 6.54 Å². The molecule has 0 bridgehead atoms. The van der Waals surface area contributed by atoms with E-state index in [1.807, 2.05) is 18.2 Å². The first-order valence-electron chi connectivity index (χ1n) is 8.06. The first-order chi connectivity index (χ1) is 11.8. The fourth-order valence-electron chi connectivity index (χ4n) is 3.02. The third-order valence-corrected chi connectivity index (χ3v) is 4.11. The summed E-state index contributed by atoms with van der Waals surface area (Å²) in [5.41, 5.74) is 9.68. The van der Waals surface area contributed by atoms with Gasteiger partial charge in [-0.1, -0.05) is 91.0 Å². The molecule has 2 N–H and O–H groups in total. The van der Waals surface area contributed by atoms with Crippen LogP contribution in [0.2, 0.25) is 0 Å². The second-order valence-corrected chi connectivity index (χ2v) is 5.44. The largest absolute Gasteiger partial charge is 0.329 e. The molecule has 0 atom stereocenters. The van der Waals surface area contributed by atoms with Gasteiger partial charge in [0.25, 0.3) is 0 Å². The van der Waals surface area contributed by atoms with Crippen molar-refractivity contribution in [3.63, 3.8) is 0 Å². The zero-order chi connectivity index (χ0) is 17.3. The third kappa shape index (κ3) is 3.61. The average Bonchev–Trinajstić information content (AvgIpc) is 2.66. The van der Waals surface area contributed by atoms with E-state index in [4.69, 9.17) is 10.5 Å². The maximum atomic E-state index is 8.81. The highest BCUT2D eigenvalue weighted by atomic mass is 16.1. The highest BCUT2D eigenvalue weighted by Gasteiger charge is 2.34. The Morgan fingerprint density at radius 3 is 1.17 bits per heavy atom. The Kier molecular flexibility index (Phi) is 6.47. The average molecular weight is 317 g/mol. The van der Waals surface area contributed by atoms with Gasteiger partial charge in [-0.25, -0.2) is 0 Å². The number of hydrogen-bond donors (Lipinski definition) is 1. The lowest BCUT2D eigenvalue weighted by Gasteiger charge is -2.34. The van der Waals surface area contributed by atoms with Crippen LogP contribution in [-0.2, 0) is 10.2 Å². The number of benzene rings is 3. The van der Waals surface area contributed by atoms with Crippen molar-refractivity contribution in [1.82, 2.24) is 0 Å². The molecule has 0 amide bonds. The Morgan fingerprint density at radius 2 is 0.958 bits per heavy atom. The van der Waals surface area contributed by atoms with Crippen molar-refractivity contribution in [2.24, 2.45) is 5.73 Å². The first-order valence-corrected chi connectivity index (χ1v) is 8.06. The van der Waals surface area contributed by atoms with Gasteiger partial charge >= 0.3 is 0 Å². The molecule has 0 aliphatic heterocycles. The fourth-order valence-corrected chi connectivity index (χ4v) is 3.02. The highest BCUT2D eigenvalue weighted by molar-refractivity contribution is 5.50. The van der Waals surface area contributed by atoms with E-state index in [1.54, 1.807) is 0 Å². The Morgan fingerprint density at radius 1 is 0.708 bits per heavy atom. The molecule has 24 heavy (non-hydrogen) atoms. The van der Waals surface area contributed by atoms with Gasteiger partial charge in [0.05, 0.1) is 5.41 Å². The topological polar surface area (TPSA) is 43.1 Å². The number of carbonyl (C=O) groups is 1. The molecule has 2 nitrogen and oxygen atoms in total. The summed E-state index contributed by atoms with van der Waals surface area (Å²) in [5, 5.41) is 0. The van der Waals surface area contributed by atoms with Gasteiger partial charge in [0.1, 0.15) is 6.29 Å². The Balaban J connectivity index is 0.000000647. The van der Waals surface area contributed by atoms with Crippen LogP contribution in [-0.4, -0.2) is 12.8 Å². The summed E-state index contributed by atoms with van der Waals surface area (Å²) in [4.78, 5) is 8.81. The zero-order valence-corrected chi connectivity index (χ0v) is 13.9. The number of rotatable bonds is 4. The van der Waals surface area contributed by atoms with E-state index in [0.29, 0.717) is 6.54 Å². The minimum atomic E-state index is -0.302. The summed E-state index contributed by atoms with van der Waals surface area (Å²) < 4.78 is 0. The van der Waals surface area contributed by atoms with Gasteiger partial charge in [-0.2, -0.15) is 0 Å². The molecule has 0 saturated carbocycles. The summed E-state index contributed by atoms with van der Waals surface area (Å²) in [6.45, 7) is 1.98. The monoisotopic (exact) mass is 317 g/mol. The van der Waals surface area contributed by atoms with Gasteiger partial charge in [-0.05, 0) is 23.6 Å². The quantitative estimate of drug-likeness (QED) is 0.579. The minimum Gasteiger partial charge on any atom is -0.329 e. The third-order valence-electron chi connectivity index (χ3n) is 4.11. The van der Waals surface area contributed by atoms with Gasteiger partial charge < -0.3 is 10.5 Å². The summed E-state index contributed by atoms with van der Waals surface area (Å²) in [6.07, 6.45) is 0.750. The van der Waals surface area contributed by atoms with Crippen LogP contribution in [0.5, 0.6) is 0 Å². The molecule has 0 aromatic heterocycles. The highest BCUT2D eigenvalue weighted by Crippen LogP contribution is 2.37. The Hall–Kier alpha value is -2.71. The zero-order valence-electron chi connectivity index (χ0n) is 13.9. The smallest absolute Gasteiger partial charge is 0.116 e. The molecule has 122 valence electrons. The summed E-state index contributed by atoms with van der Waals surface area (Å²) in [7, 11) is 0. The van der Waals surface area contributed by atoms with E-state index in [-0.39, 0.29) is 5.41 Å². The Bertz CT molecular complexity index is 627. The fraction of sp³-hybridized carbons (Fsp3) is 0.136. The number of aldehydes is 1. The normalized spacial score (nSPS) is 10.4. The lowest BCUT2D eigenvalue weighted by molar-refractivity contribution is -0.106. The molecule has 0 heterocycles. The molecule has 0 radical (unpaired) electrons. The molecule has 3 rings (SSSR count). The summed E-state index contributed by atoms with van der Waals surface area (Å²) in [5.74, 6) is 0. The molecule has 0 fully saturated rings. The molecular formula is C22H23NO. The van der Waals surface area contributed by atoms with Crippen LogP contribution in [0.3, 0.4) is 0 Å². The van der Waals surface area contributed by atoms with Crippen molar-refractivity contribution in [2.45, 2.75) is 12.3 Å². The van der Waals surface area contributed by atoms with E-state index in [9.17, 15) is 0 Å². The SMILES string of the molecule is CC=O.NCC(c1ccccc1)(c1ccccc1)c1ccccc1. The molecule has 0 spiro atoms. The van der Waals surface area contributed by atoms with Gasteiger partial charge in [0, 0.05) is 6.54 Å². The molecular weight excluding hydrogens is 294 g/mol. The number of nitrogens with two attached hydrogens (primary N) is 1. The molecule has 0 aliphatic carbocycles. The maximum Gasteiger partial charge on any atom is 0.116 e. The van der Waals surface area contributed by atoms with Gasteiger partial charge in [0.2, 0.25) is 0 Å². The van der Waals surface area contributed by atoms with Crippen LogP contribution in [0.1, 0.15) is 23.6 Å². The molecule has 0 saturated heterocycles. The van der Waals surface area contributed by atoms with Gasteiger partial charge in [-0.15, -0.1) is 0 Å². The maximum absolute atomic E-state index is 8.81. The predicted molar refractivity (Wildman–Crippen MR) is 100 cm³/mol. The number of hydrogen-bond acceptors (Lipinski definition) is 2. The van der Waals surface area contributed by atoms with E-state index >= 15 is 0 Å². The van der Waals surface area contributed by atoms with Crippen molar-refractivity contribution in [1.29, 1.82) is 0 Å². The van der Waals surface area contributed by atoms with E-state index in [0.717, 1.165) is 6.29 Å². The molecule has 2 heteroatoms. The minimum absolute atomic E-state index is 0.302. The van der Waals surface area contributed by atoms with Crippen molar-refractivity contribution in [3.05, 3.63) is 108 Å². The lowest BCUT2D eigenvalue weighted by atomic mass is 9.69. The van der Waals surface area contributed by atoms with E-state index in [1.165, 1.54) is 23.6 Å². The second-order valence-electron chi connectivity index (χ2n) is 5.44. The van der Waals surface area contributed by atoms with Crippen molar-refractivity contribution >= 4 is 6.29 Å². The molecule has 3 aromatic rings. The van der Waals surface area contributed by atoms with Crippen LogP contribution >= 0.6 is 0 Å². The van der Waals surface area contributed by atoms with Gasteiger partial charge in [-0.3, -0.25) is 0 Å². The van der Waals surface area contributed by atoms with Gasteiger partial charge in [0.15, 0.2) is 0 Å². The predicted octanol–water partition coefficient (Wildman–Crippen LogP) is 4.18. The van der Waals surface area contributed by atoms with Crippen LogP contribution in [0.15, 0.2) is 91.0 Å². The van der Waals surface area contributed by atoms with Crippen LogP contribution in [0.4, 0.5) is 0 Å². The van der Waals surface area contributed by atoms with Crippen molar-refractivity contribution in [3.8, 4) is 0 Å². The first kappa shape index (κ1) is 17.6. The van der Waals surface area contributed by atoms with Crippen LogP contribution in [0, 0.1) is 0 Å². The summed E-state index contributed by atoms with van der Waals surface area (Å²) >= 11 is 0. The lowest BCUT2D eigenvalue weighted by Crippen LogP contribution is -2.37. The Labute approximate surface area is 144 Å². The second kappa shape index (κ2) is 8.80. The van der Waals surface area contributed by atoms with Crippen LogP contribution < -0.4 is 5.73 Å². The van der Waals surface area contributed by atoms with E-state index in [2.05, 4.69) is 72.8 Å². The van der Waals surface area contributed by atoms with Crippen LogP contribution in [0.25, 0.3) is 0 Å². The molecule has 3 aromatic carbocycles. The molecule has 0 aliphatic rings. The summed E-state index contributed by atoms with van der Waals surface area (Å²) in [6, 6.07) is 31.5. The molecule has 0 unspecified atom stereocenters. The standard InChI is InChI=1S/C20H19N.C2H4O/c21-16-20(17-10-4-1-5-11-17,18-12-6-2-7-13-18)19-14-8-3-9-15-19;1-2-3/h1-15H,16,21H2;2H,1H3. The van der Waals surface area contributed by atoms with E-state index < -0.39 is 0 Å².